The molecule has 0 bridgehead atoms. The molecule has 0 aromatic heterocycles. The zero-order chi connectivity index (χ0) is 13.7. The van der Waals surface area contributed by atoms with Crippen molar-refractivity contribution < 1.29 is 23.7 Å². The Hall–Kier alpha value is -1.14. The minimum Gasteiger partial charge on any atom is -0.478 e. The van der Waals surface area contributed by atoms with Crippen molar-refractivity contribution in [2.45, 2.75) is 44.4 Å². The molecule has 1 unspecified atom stereocenters. The van der Waals surface area contributed by atoms with Crippen molar-refractivity contribution in [2.75, 3.05) is 26.9 Å². The first-order chi connectivity index (χ1) is 9.13. The van der Waals surface area contributed by atoms with Gasteiger partial charge < -0.3 is 18.9 Å². The van der Waals surface area contributed by atoms with E-state index in [1.54, 1.807) is 0 Å². The summed E-state index contributed by atoms with van der Waals surface area (Å²) in [5, 5.41) is 0. The van der Waals surface area contributed by atoms with Gasteiger partial charge in [0, 0.05) is 12.8 Å². The van der Waals surface area contributed by atoms with Crippen LogP contribution in [0, 0.1) is 0 Å². The van der Waals surface area contributed by atoms with Crippen LogP contribution < -0.4 is 0 Å². The molecule has 19 heavy (non-hydrogen) atoms. The van der Waals surface area contributed by atoms with E-state index in [9.17, 15) is 4.79 Å². The molecule has 2 heterocycles. The molecule has 1 atom stereocenters. The van der Waals surface area contributed by atoms with Gasteiger partial charge in [-0.25, -0.2) is 9.79 Å². The van der Waals surface area contributed by atoms with E-state index in [0.29, 0.717) is 25.7 Å². The fraction of sp³-hybridized carbons (Fsp3) is 0.846. The number of esters is 1. The summed E-state index contributed by atoms with van der Waals surface area (Å²) in [6, 6.07) is -0.487. The number of hydrogen-bond donors (Lipinski definition) is 0. The van der Waals surface area contributed by atoms with Crippen molar-refractivity contribution in [1.29, 1.82) is 0 Å². The van der Waals surface area contributed by atoms with Crippen LogP contribution in [0.4, 0.5) is 0 Å². The zero-order valence-corrected chi connectivity index (χ0v) is 11.5. The number of ether oxygens (including phenoxy) is 4. The number of rotatable bonds is 6. The minimum atomic E-state index is -0.487. The van der Waals surface area contributed by atoms with E-state index in [-0.39, 0.29) is 5.97 Å². The molecular weight excluding hydrogens is 250 g/mol. The van der Waals surface area contributed by atoms with Crippen molar-refractivity contribution in [3.05, 3.63) is 0 Å². The van der Waals surface area contributed by atoms with Gasteiger partial charge in [0.15, 0.2) is 17.7 Å². The first kappa shape index (κ1) is 14.3. The van der Waals surface area contributed by atoms with Crippen molar-refractivity contribution >= 4 is 11.9 Å². The molecule has 0 spiro atoms. The number of hydrogen-bond acceptors (Lipinski definition) is 6. The van der Waals surface area contributed by atoms with Crippen molar-refractivity contribution in [1.82, 2.24) is 0 Å². The Kier molecular flexibility index (Phi) is 4.76. The third-order valence-corrected chi connectivity index (χ3v) is 3.35. The number of nitrogens with zero attached hydrogens (tertiary/aromatic N) is 1. The molecule has 6 nitrogen and oxygen atoms in total. The number of carbonyl (C=O) groups is 1. The average Bonchev–Trinajstić information content (AvgIpc) is 3.03. The van der Waals surface area contributed by atoms with Crippen LogP contribution in [0.25, 0.3) is 0 Å². The fourth-order valence-electron chi connectivity index (χ4n) is 2.24. The minimum absolute atomic E-state index is 0.298. The highest BCUT2D eigenvalue weighted by atomic mass is 16.7. The SMILES string of the molecule is COC(=O)C1COC(CCCCC2(C)OCCO2)=N1. The lowest BCUT2D eigenvalue weighted by Crippen LogP contribution is -2.25. The lowest BCUT2D eigenvalue weighted by Gasteiger charge is -2.21. The van der Waals surface area contributed by atoms with E-state index < -0.39 is 11.8 Å². The Bertz CT molecular complexity index is 349. The molecule has 1 fully saturated rings. The number of carbonyl (C=O) groups excluding carboxylic acids is 1. The van der Waals surface area contributed by atoms with E-state index in [1.807, 2.05) is 6.92 Å². The van der Waals surface area contributed by atoms with E-state index in [1.165, 1.54) is 7.11 Å². The molecule has 2 aliphatic rings. The molecule has 2 aliphatic heterocycles. The third-order valence-electron chi connectivity index (χ3n) is 3.35. The van der Waals surface area contributed by atoms with Gasteiger partial charge in [-0.05, 0) is 19.8 Å². The maximum atomic E-state index is 11.3. The van der Waals surface area contributed by atoms with Gasteiger partial charge in [-0.2, -0.15) is 0 Å². The molecule has 0 aromatic rings. The van der Waals surface area contributed by atoms with Gasteiger partial charge in [-0.1, -0.05) is 0 Å². The van der Waals surface area contributed by atoms with Crippen LogP contribution >= 0.6 is 0 Å². The quantitative estimate of drug-likeness (QED) is 0.538. The molecule has 6 heteroatoms. The second-order valence-electron chi connectivity index (χ2n) is 4.91. The van der Waals surface area contributed by atoms with Gasteiger partial charge in [-0.3, -0.25) is 0 Å². The van der Waals surface area contributed by atoms with Crippen molar-refractivity contribution in [3.8, 4) is 0 Å². The monoisotopic (exact) mass is 271 g/mol. The van der Waals surface area contributed by atoms with E-state index in [2.05, 4.69) is 9.73 Å². The van der Waals surface area contributed by atoms with Crippen LogP contribution in [0.2, 0.25) is 0 Å². The first-order valence-corrected chi connectivity index (χ1v) is 6.68. The van der Waals surface area contributed by atoms with E-state index >= 15 is 0 Å². The van der Waals surface area contributed by atoms with Crippen LogP contribution in [0.3, 0.4) is 0 Å². The Morgan fingerprint density at radius 3 is 2.84 bits per heavy atom. The summed E-state index contributed by atoms with van der Waals surface area (Å²) >= 11 is 0. The molecule has 0 N–H and O–H groups in total. The fourth-order valence-corrected chi connectivity index (χ4v) is 2.24. The molecule has 0 radical (unpaired) electrons. The van der Waals surface area contributed by atoms with Gasteiger partial charge in [-0.15, -0.1) is 0 Å². The van der Waals surface area contributed by atoms with E-state index in [0.717, 1.165) is 25.7 Å². The summed E-state index contributed by atoms with van der Waals surface area (Å²) in [7, 11) is 1.36. The summed E-state index contributed by atoms with van der Waals surface area (Å²) < 4.78 is 21.1. The zero-order valence-electron chi connectivity index (χ0n) is 11.5. The van der Waals surface area contributed by atoms with Crippen molar-refractivity contribution in [3.63, 3.8) is 0 Å². The van der Waals surface area contributed by atoms with Crippen LogP contribution in [-0.4, -0.2) is 50.6 Å². The molecule has 0 saturated carbocycles. The second-order valence-corrected chi connectivity index (χ2v) is 4.91. The number of methoxy groups -OCH3 is 1. The molecule has 0 amide bonds. The lowest BCUT2D eigenvalue weighted by molar-refractivity contribution is -0.147. The maximum Gasteiger partial charge on any atom is 0.334 e. The van der Waals surface area contributed by atoms with Gasteiger partial charge in [0.1, 0.15) is 6.61 Å². The predicted molar refractivity (Wildman–Crippen MR) is 68.0 cm³/mol. The van der Waals surface area contributed by atoms with E-state index in [4.69, 9.17) is 14.2 Å². The summed E-state index contributed by atoms with van der Waals surface area (Å²) in [6.45, 7) is 3.61. The highest BCUT2D eigenvalue weighted by Crippen LogP contribution is 2.25. The summed E-state index contributed by atoms with van der Waals surface area (Å²) in [5.41, 5.74) is 0. The molecule has 2 rings (SSSR count). The Morgan fingerprint density at radius 1 is 1.42 bits per heavy atom. The Labute approximate surface area is 113 Å². The summed E-state index contributed by atoms with van der Waals surface area (Å²) in [6.07, 6.45) is 3.51. The summed E-state index contributed by atoms with van der Waals surface area (Å²) in [5.74, 6) is -0.114. The average molecular weight is 271 g/mol. The predicted octanol–water partition coefficient (Wildman–Crippen LogP) is 1.28. The Balaban J connectivity index is 1.65. The first-order valence-electron chi connectivity index (χ1n) is 6.68. The largest absolute Gasteiger partial charge is 0.478 e. The maximum absolute atomic E-state index is 11.3. The molecule has 108 valence electrons. The van der Waals surface area contributed by atoms with Crippen LogP contribution in [0.5, 0.6) is 0 Å². The van der Waals surface area contributed by atoms with Crippen molar-refractivity contribution in [2.24, 2.45) is 4.99 Å². The normalized spacial score (nSPS) is 24.9. The van der Waals surface area contributed by atoms with Crippen LogP contribution in [-0.2, 0) is 23.7 Å². The smallest absolute Gasteiger partial charge is 0.334 e. The van der Waals surface area contributed by atoms with Crippen LogP contribution in [0.1, 0.15) is 32.6 Å². The van der Waals surface area contributed by atoms with Gasteiger partial charge >= 0.3 is 5.97 Å². The van der Waals surface area contributed by atoms with Gasteiger partial charge in [0.2, 0.25) is 0 Å². The lowest BCUT2D eigenvalue weighted by atomic mass is 10.1. The second kappa shape index (κ2) is 6.34. The topological polar surface area (TPSA) is 66.4 Å². The molecule has 1 saturated heterocycles. The number of aliphatic imine (C=N–C) groups is 1. The van der Waals surface area contributed by atoms with Crippen LogP contribution in [0.15, 0.2) is 4.99 Å². The number of unbranched alkanes of at least 4 members (excludes halogenated alkanes) is 1. The molecular formula is C13H21NO5. The summed E-state index contributed by atoms with van der Waals surface area (Å²) in [4.78, 5) is 15.5. The van der Waals surface area contributed by atoms with Gasteiger partial charge in [0.25, 0.3) is 0 Å². The van der Waals surface area contributed by atoms with Gasteiger partial charge in [0.05, 0.1) is 20.3 Å². The third kappa shape index (κ3) is 3.91. The molecule has 0 aromatic carbocycles. The highest BCUT2D eigenvalue weighted by Gasteiger charge is 2.30. The standard InChI is InChI=1S/C13H21NO5/c1-13(18-7-8-19-13)6-4-3-5-11-14-10(9-17-11)12(15)16-2/h10H,3-9H2,1-2H3. The Morgan fingerprint density at radius 2 is 2.16 bits per heavy atom. The highest BCUT2D eigenvalue weighted by molar-refractivity contribution is 5.85. The molecule has 0 aliphatic carbocycles.